The molecule has 0 amide bonds. The number of carbonyl (C=O) groups is 1. The van der Waals surface area contributed by atoms with Crippen LogP contribution in [0.3, 0.4) is 0 Å². The van der Waals surface area contributed by atoms with Crippen LogP contribution >= 0.6 is 0 Å². The van der Waals surface area contributed by atoms with Gasteiger partial charge in [0.15, 0.2) is 0 Å². The third kappa shape index (κ3) is 4.45. The highest BCUT2D eigenvalue weighted by Gasteiger charge is 2.31. The van der Waals surface area contributed by atoms with Gasteiger partial charge in [-0.2, -0.15) is 0 Å². The van der Waals surface area contributed by atoms with Crippen molar-refractivity contribution in [3.63, 3.8) is 0 Å². The summed E-state index contributed by atoms with van der Waals surface area (Å²) in [6.07, 6.45) is 9.39. The Morgan fingerprint density at radius 1 is 1.25 bits per heavy atom. The van der Waals surface area contributed by atoms with E-state index in [0.717, 1.165) is 25.0 Å². The zero-order valence-corrected chi connectivity index (χ0v) is 12.8. The van der Waals surface area contributed by atoms with Crippen LogP contribution in [-0.4, -0.2) is 48.2 Å². The van der Waals surface area contributed by atoms with Gasteiger partial charge in [-0.05, 0) is 50.6 Å². The molecule has 1 heterocycles. The summed E-state index contributed by atoms with van der Waals surface area (Å²) in [5.74, 6) is 0.757. The summed E-state index contributed by atoms with van der Waals surface area (Å²) in [5, 5.41) is 11.8. The number of hydrogen-bond acceptors (Lipinski definition) is 3. The van der Waals surface area contributed by atoms with E-state index >= 15 is 0 Å². The van der Waals surface area contributed by atoms with E-state index < -0.39 is 5.97 Å². The largest absolute Gasteiger partial charge is 0.480 e. The van der Waals surface area contributed by atoms with Crippen molar-refractivity contribution in [3.05, 3.63) is 0 Å². The van der Waals surface area contributed by atoms with Gasteiger partial charge in [0.2, 0.25) is 0 Å². The topological polar surface area (TPSA) is 52.6 Å². The maximum atomic E-state index is 10.6. The summed E-state index contributed by atoms with van der Waals surface area (Å²) in [4.78, 5) is 13.3. The predicted molar refractivity (Wildman–Crippen MR) is 80.8 cm³/mol. The van der Waals surface area contributed by atoms with E-state index in [1.165, 1.54) is 51.5 Å². The number of aliphatic carboxylic acids is 1. The molecule has 0 aromatic heterocycles. The molecule has 4 nitrogen and oxygen atoms in total. The van der Waals surface area contributed by atoms with Crippen molar-refractivity contribution in [2.24, 2.45) is 11.8 Å². The molecule has 2 aliphatic rings. The van der Waals surface area contributed by atoms with Crippen molar-refractivity contribution in [3.8, 4) is 0 Å². The van der Waals surface area contributed by atoms with Gasteiger partial charge in [-0.15, -0.1) is 0 Å². The summed E-state index contributed by atoms with van der Waals surface area (Å²) >= 11 is 0. The Morgan fingerprint density at radius 2 is 2.05 bits per heavy atom. The third-order valence-electron chi connectivity index (χ3n) is 5.12. The Kier molecular flexibility index (Phi) is 6.30. The minimum Gasteiger partial charge on any atom is -0.480 e. The maximum absolute atomic E-state index is 10.6. The van der Waals surface area contributed by atoms with Crippen LogP contribution in [0.1, 0.15) is 51.9 Å². The average Bonchev–Trinajstić information content (AvgIpc) is 2.47. The molecule has 1 aliphatic carbocycles. The van der Waals surface area contributed by atoms with Crippen molar-refractivity contribution in [2.75, 3.05) is 26.2 Å². The van der Waals surface area contributed by atoms with E-state index in [1.807, 2.05) is 0 Å². The Hall–Kier alpha value is -0.610. The molecule has 0 aromatic rings. The van der Waals surface area contributed by atoms with Gasteiger partial charge in [0.25, 0.3) is 0 Å². The van der Waals surface area contributed by atoms with E-state index in [9.17, 15) is 4.79 Å². The van der Waals surface area contributed by atoms with Crippen molar-refractivity contribution in [1.82, 2.24) is 10.2 Å². The molecule has 0 bridgehead atoms. The molecule has 0 radical (unpaired) electrons. The van der Waals surface area contributed by atoms with E-state index in [0.29, 0.717) is 5.92 Å². The first kappa shape index (κ1) is 15.8. The lowest BCUT2D eigenvalue weighted by atomic mass is 9.80. The number of likely N-dealkylation sites (tertiary alicyclic amines) is 1. The molecular weight excluding hydrogens is 252 g/mol. The molecule has 2 fully saturated rings. The molecule has 0 spiro atoms. The molecule has 3 unspecified atom stereocenters. The first-order valence-electron chi connectivity index (χ1n) is 8.37. The molecule has 116 valence electrons. The predicted octanol–water partition coefficient (Wildman–Crippen LogP) is 2.34. The average molecular weight is 282 g/mol. The van der Waals surface area contributed by atoms with Crippen LogP contribution in [0.2, 0.25) is 0 Å². The highest BCUT2D eigenvalue weighted by atomic mass is 16.4. The molecule has 0 aromatic carbocycles. The Morgan fingerprint density at radius 3 is 2.80 bits per heavy atom. The van der Waals surface area contributed by atoms with Crippen LogP contribution in [0.25, 0.3) is 0 Å². The number of piperidine rings is 1. The van der Waals surface area contributed by atoms with E-state index in [1.54, 1.807) is 0 Å². The Bertz CT molecular complexity index is 309. The van der Waals surface area contributed by atoms with Crippen LogP contribution in [0.4, 0.5) is 0 Å². The summed E-state index contributed by atoms with van der Waals surface area (Å²) in [6.45, 7) is 5.69. The van der Waals surface area contributed by atoms with E-state index in [4.69, 9.17) is 5.11 Å². The van der Waals surface area contributed by atoms with Crippen LogP contribution in [0.5, 0.6) is 0 Å². The third-order valence-corrected chi connectivity index (χ3v) is 5.12. The molecule has 3 atom stereocenters. The lowest BCUT2D eigenvalue weighted by molar-refractivity contribution is -0.136. The molecule has 2 N–H and O–H groups in total. The number of rotatable bonds is 6. The van der Waals surface area contributed by atoms with Gasteiger partial charge < -0.3 is 10.4 Å². The second-order valence-electron chi connectivity index (χ2n) is 6.55. The molecule has 1 aliphatic heterocycles. The summed E-state index contributed by atoms with van der Waals surface area (Å²) in [7, 11) is 0. The lowest BCUT2D eigenvalue weighted by Gasteiger charge is -2.44. The fraction of sp³-hybridized carbons (Fsp3) is 0.938. The number of hydrogen-bond donors (Lipinski definition) is 2. The van der Waals surface area contributed by atoms with Crippen molar-refractivity contribution < 1.29 is 9.90 Å². The fourth-order valence-corrected chi connectivity index (χ4v) is 4.09. The lowest BCUT2D eigenvalue weighted by Crippen LogP contribution is -2.49. The molecular formula is C16H30N2O2. The van der Waals surface area contributed by atoms with Crippen LogP contribution in [0, 0.1) is 11.8 Å². The normalized spacial score (nSPS) is 32.1. The quantitative estimate of drug-likeness (QED) is 0.785. The Balaban J connectivity index is 1.81. The maximum Gasteiger partial charge on any atom is 0.317 e. The van der Waals surface area contributed by atoms with Gasteiger partial charge in [0.05, 0.1) is 6.54 Å². The highest BCUT2D eigenvalue weighted by molar-refractivity contribution is 5.68. The Labute approximate surface area is 122 Å². The summed E-state index contributed by atoms with van der Waals surface area (Å²) in [6, 6.07) is 0.788. The molecule has 4 heteroatoms. The number of carboxylic acids is 1. The first-order valence-corrected chi connectivity index (χ1v) is 8.37. The minimum atomic E-state index is -0.754. The molecule has 1 saturated heterocycles. The van der Waals surface area contributed by atoms with Crippen LogP contribution < -0.4 is 5.32 Å². The van der Waals surface area contributed by atoms with Crippen molar-refractivity contribution in [2.45, 2.75) is 57.9 Å². The van der Waals surface area contributed by atoms with Crippen molar-refractivity contribution in [1.29, 1.82) is 0 Å². The van der Waals surface area contributed by atoms with E-state index in [-0.39, 0.29) is 6.54 Å². The number of nitrogens with one attached hydrogen (secondary N) is 1. The standard InChI is InChI=1S/C16H30N2O2/c1-2-14-7-3-4-8-15(14)18-9-5-6-13(12-18)10-17-11-16(19)20/h13-15,17H,2-12H2,1H3,(H,19,20). The monoisotopic (exact) mass is 282 g/mol. The highest BCUT2D eigenvalue weighted by Crippen LogP contribution is 2.33. The van der Waals surface area contributed by atoms with E-state index in [2.05, 4.69) is 17.1 Å². The summed E-state index contributed by atoms with van der Waals surface area (Å²) in [5.41, 5.74) is 0. The second-order valence-corrected chi connectivity index (χ2v) is 6.55. The molecule has 20 heavy (non-hydrogen) atoms. The summed E-state index contributed by atoms with van der Waals surface area (Å²) < 4.78 is 0. The number of carboxylic acid groups (broad SMARTS) is 1. The van der Waals surface area contributed by atoms with Gasteiger partial charge in [-0.1, -0.05) is 26.2 Å². The van der Waals surface area contributed by atoms with Gasteiger partial charge in [0, 0.05) is 12.6 Å². The molecule has 1 saturated carbocycles. The minimum absolute atomic E-state index is 0.0948. The van der Waals surface area contributed by atoms with Gasteiger partial charge >= 0.3 is 5.97 Å². The zero-order valence-electron chi connectivity index (χ0n) is 12.8. The number of nitrogens with zero attached hydrogens (tertiary/aromatic N) is 1. The SMILES string of the molecule is CCC1CCCCC1N1CCCC(CNCC(=O)O)C1. The fourth-order valence-electron chi connectivity index (χ4n) is 4.09. The van der Waals surface area contributed by atoms with Gasteiger partial charge in [0.1, 0.15) is 0 Å². The smallest absolute Gasteiger partial charge is 0.317 e. The zero-order chi connectivity index (χ0) is 14.4. The van der Waals surface area contributed by atoms with Crippen LogP contribution in [-0.2, 0) is 4.79 Å². The van der Waals surface area contributed by atoms with Gasteiger partial charge in [-0.25, -0.2) is 0 Å². The molecule has 2 rings (SSSR count). The van der Waals surface area contributed by atoms with Crippen LogP contribution in [0.15, 0.2) is 0 Å². The second kappa shape index (κ2) is 7.99. The first-order chi connectivity index (χ1) is 9.70. The van der Waals surface area contributed by atoms with Crippen molar-refractivity contribution >= 4 is 5.97 Å². The van der Waals surface area contributed by atoms with Gasteiger partial charge in [-0.3, -0.25) is 9.69 Å².